The monoisotopic (exact) mass is 296 g/mol. The molecule has 2 fully saturated rings. The summed E-state index contributed by atoms with van der Waals surface area (Å²) in [6, 6.07) is 5.82. The molecule has 2 heterocycles. The molecular weight excluding hydrogens is 284 g/mol. The SMILES string of the molecule is O=C(O)[C@@]12CCN(c3cccc(Br)n3)C[C@@H]1C2. The van der Waals surface area contributed by atoms with E-state index >= 15 is 0 Å². The van der Waals surface area contributed by atoms with Crippen molar-refractivity contribution in [3.63, 3.8) is 0 Å². The van der Waals surface area contributed by atoms with Crippen molar-refractivity contribution in [2.45, 2.75) is 12.8 Å². The van der Waals surface area contributed by atoms with E-state index in [1.54, 1.807) is 0 Å². The van der Waals surface area contributed by atoms with Crippen LogP contribution < -0.4 is 4.90 Å². The summed E-state index contributed by atoms with van der Waals surface area (Å²) < 4.78 is 0.820. The Morgan fingerprint density at radius 2 is 2.41 bits per heavy atom. The summed E-state index contributed by atoms with van der Waals surface area (Å²) in [5, 5.41) is 9.20. The highest BCUT2D eigenvalue weighted by atomic mass is 79.9. The lowest BCUT2D eigenvalue weighted by molar-refractivity contribution is -0.144. The van der Waals surface area contributed by atoms with E-state index < -0.39 is 11.4 Å². The molecule has 90 valence electrons. The molecule has 1 aliphatic carbocycles. The van der Waals surface area contributed by atoms with Crippen LogP contribution in [0.2, 0.25) is 0 Å². The lowest BCUT2D eigenvalue weighted by Crippen LogP contribution is -2.38. The van der Waals surface area contributed by atoms with Gasteiger partial charge in [-0.2, -0.15) is 0 Å². The van der Waals surface area contributed by atoms with Crippen molar-refractivity contribution in [1.29, 1.82) is 0 Å². The van der Waals surface area contributed by atoms with E-state index in [-0.39, 0.29) is 0 Å². The number of anilines is 1. The van der Waals surface area contributed by atoms with Crippen molar-refractivity contribution in [2.24, 2.45) is 11.3 Å². The number of rotatable bonds is 2. The van der Waals surface area contributed by atoms with Crippen LogP contribution in [0.5, 0.6) is 0 Å². The maximum Gasteiger partial charge on any atom is 0.310 e. The molecule has 3 rings (SSSR count). The summed E-state index contributed by atoms with van der Waals surface area (Å²) in [6.07, 6.45) is 1.56. The fourth-order valence-electron chi connectivity index (χ4n) is 2.77. The largest absolute Gasteiger partial charge is 0.481 e. The Morgan fingerprint density at radius 3 is 3.06 bits per heavy atom. The number of aliphatic carboxylic acids is 1. The topological polar surface area (TPSA) is 53.4 Å². The van der Waals surface area contributed by atoms with Gasteiger partial charge in [0.2, 0.25) is 0 Å². The van der Waals surface area contributed by atoms with Gasteiger partial charge < -0.3 is 10.0 Å². The maximum absolute atomic E-state index is 11.2. The van der Waals surface area contributed by atoms with Crippen LogP contribution in [-0.2, 0) is 4.79 Å². The molecule has 0 radical (unpaired) electrons. The second-order valence-electron chi connectivity index (χ2n) is 4.88. The van der Waals surface area contributed by atoms with Gasteiger partial charge in [0, 0.05) is 13.1 Å². The normalized spacial score (nSPS) is 30.9. The second-order valence-corrected chi connectivity index (χ2v) is 5.69. The van der Waals surface area contributed by atoms with Gasteiger partial charge in [-0.15, -0.1) is 0 Å². The van der Waals surface area contributed by atoms with E-state index in [1.165, 1.54) is 0 Å². The number of pyridine rings is 1. The van der Waals surface area contributed by atoms with E-state index in [1.807, 2.05) is 18.2 Å². The van der Waals surface area contributed by atoms with Crippen molar-refractivity contribution in [2.75, 3.05) is 18.0 Å². The van der Waals surface area contributed by atoms with Crippen LogP contribution in [0, 0.1) is 11.3 Å². The molecule has 2 atom stereocenters. The van der Waals surface area contributed by atoms with Crippen LogP contribution in [0.25, 0.3) is 0 Å². The number of hydrogen-bond acceptors (Lipinski definition) is 3. The summed E-state index contributed by atoms with van der Waals surface area (Å²) >= 11 is 3.36. The highest BCUT2D eigenvalue weighted by molar-refractivity contribution is 9.10. The Bertz CT molecular complexity index is 479. The van der Waals surface area contributed by atoms with Gasteiger partial charge in [-0.3, -0.25) is 4.79 Å². The van der Waals surface area contributed by atoms with Crippen LogP contribution in [-0.4, -0.2) is 29.1 Å². The van der Waals surface area contributed by atoms with Crippen molar-refractivity contribution in [1.82, 2.24) is 4.98 Å². The highest BCUT2D eigenvalue weighted by Crippen LogP contribution is 2.58. The third-order valence-corrected chi connectivity index (χ3v) is 4.39. The average Bonchev–Trinajstić information content (AvgIpc) is 3.03. The number of halogens is 1. The van der Waals surface area contributed by atoms with Gasteiger partial charge in [0.25, 0.3) is 0 Å². The summed E-state index contributed by atoms with van der Waals surface area (Å²) in [4.78, 5) is 17.8. The quantitative estimate of drug-likeness (QED) is 0.850. The minimum Gasteiger partial charge on any atom is -0.481 e. The van der Waals surface area contributed by atoms with Crippen molar-refractivity contribution in [3.05, 3.63) is 22.8 Å². The van der Waals surface area contributed by atoms with Crippen molar-refractivity contribution in [3.8, 4) is 0 Å². The van der Waals surface area contributed by atoms with Crippen LogP contribution >= 0.6 is 15.9 Å². The molecule has 0 amide bonds. The zero-order valence-electron chi connectivity index (χ0n) is 9.27. The Balaban J connectivity index is 1.76. The second kappa shape index (κ2) is 3.70. The molecule has 17 heavy (non-hydrogen) atoms. The first kappa shape index (κ1) is 11.0. The Kier molecular flexibility index (Phi) is 2.40. The third-order valence-electron chi connectivity index (χ3n) is 3.95. The molecule has 5 heteroatoms. The lowest BCUT2D eigenvalue weighted by atomic mass is 9.95. The summed E-state index contributed by atoms with van der Waals surface area (Å²) in [6.45, 7) is 1.60. The van der Waals surface area contributed by atoms with Crippen molar-refractivity contribution < 1.29 is 9.90 Å². The third kappa shape index (κ3) is 1.73. The molecule has 0 unspecified atom stereocenters. The van der Waals surface area contributed by atoms with Crippen LogP contribution in [0.1, 0.15) is 12.8 Å². The standard InChI is InChI=1S/C12H13BrN2O2/c13-9-2-1-3-10(14-9)15-5-4-12(11(16)17)6-8(12)7-15/h1-3,8H,4-7H2,(H,16,17)/t8-,12+/m0/s1. The first-order chi connectivity index (χ1) is 8.12. The molecular formula is C12H13BrN2O2. The van der Waals surface area contributed by atoms with E-state index in [9.17, 15) is 9.90 Å². The summed E-state index contributed by atoms with van der Waals surface area (Å²) in [5.74, 6) is 0.615. The molecule has 1 saturated heterocycles. The highest BCUT2D eigenvalue weighted by Gasteiger charge is 2.62. The number of carboxylic acids is 1. The maximum atomic E-state index is 11.2. The van der Waals surface area contributed by atoms with Gasteiger partial charge in [0.15, 0.2) is 0 Å². The molecule has 1 aromatic rings. The Labute approximate surface area is 108 Å². The number of fused-ring (bicyclic) bond motifs is 1. The minimum atomic E-state index is -0.621. The smallest absolute Gasteiger partial charge is 0.310 e. The molecule has 1 aromatic heterocycles. The molecule has 0 spiro atoms. The molecule has 1 N–H and O–H groups in total. The number of nitrogens with zero attached hydrogens (tertiary/aromatic N) is 2. The average molecular weight is 297 g/mol. The summed E-state index contributed by atoms with van der Waals surface area (Å²) in [7, 11) is 0. The molecule has 0 bridgehead atoms. The van der Waals surface area contributed by atoms with E-state index in [0.717, 1.165) is 36.4 Å². The number of aromatic nitrogens is 1. The first-order valence-electron chi connectivity index (χ1n) is 5.73. The lowest BCUT2D eigenvalue weighted by Gasteiger charge is -2.30. The predicted octanol–water partition coefficient (Wildman–Crippen LogP) is 2.15. The zero-order valence-corrected chi connectivity index (χ0v) is 10.9. The van der Waals surface area contributed by atoms with Gasteiger partial charge in [-0.25, -0.2) is 4.98 Å². The molecule has 1 saturated carbocycles. The molecule has 0 aromatic carbocycles. The molecule has 2 aliphatic rings. The van der Waals surface area contributed by atoms with Crippen LogP contribution in [0.4, 0.5) is 5.82 Å². The van der Waals surface area contributed by atoms with Crippen LogP contribution in [0.3, 0.4) is 0 Å². The van der Waals surface area contributed by atoms with Gasteiger partial charge in [0.05, 0.1) is 5.41 Å². The number of piperidine rings is 1. The number of hydrogen-bond donors (Lipinski definition) is 1. The Morgan fingerprint density at radius 1 is 1.59 bits per heavy atom. The Hall–Kier alpha value is -1.10. The van der Waals surface area contributed by atoms with Crippen molar-refractivity contribution >= 4 is 27.7 Å². The summed E-state index contributed by atoms with van der Waals surface area (Å²) in [5.41, 5.74) is -0.414. The van der Waals surface area contributed by atoms with E-state index in [0.29, 0.717) is 5.92 Å². The van der Waals surface area contributed by atoms with E-state index in [2.05, 4.69) is 25.8 Å². The van der Waals surface area contributed by atoms with Gasteiger partial charge in [-0.1, -0.05) is 6.07 Å². The fourth-order valence-corrected chi connectivity index (χ4v) is 3.10. The number of carbonyl (C=O) groups is 1. The van der Waals surface area contributed by atoms with Gasteiger partial charge in [0.1, 0.15) is 10.4 Å². The molecule has 1 aliphatic heterocycles. The first-order valence-corrected chi connectivity index (χ1v) is 6.52. The van der Waals surface area contributed by atoms with E-state index in [4.69, 9.17) is 0 Å². The molecule has 4 nitrogen and oxygen atoms in total. The van der Waals surface area contributed by atoms with Crippen LogP contribution in [0.15, 0.2) is 22.8 Å². The van der Waals surface area contributed by atoms with Gasteiger partial charge in [-0.05, 0) is 46.8 Å². The fraction of sp³-hybridized carbons (Fsp3) is 0.500. The zero-order chi connectivity index (χ0) is 12.0. The predicted molar refractivity (Wildman–Crippen MR) is 66.9 cm³/mol. The minimum absolute atomic E-state index is 0.300. The van der Waals surface area contributed by atoms with Gasteiger partial charge >= 0.3 is 5.97 Å². The number of carboxylic acid groups (broad SMARTS) is 1.